The maximum atomic E-state index is 13.3. The summed E-state index contributed by atoms with van der Waals surface area (Å²) < 4.78 is 18.5. The highest BCUT2D eigenvalue weighted by molar-refractivity contribution is 6.34. The summed E-state index contributed by atoms with van der Waals surface area (Å²) in [4.78, 5) is 13.7. The monoisotopic (exact) mass is 273 g/mol. The number of aliphatic hydroxyl groups is 1. The van der Waals surface area contributed by atoms with Crippen LogP contribution in [0, 0.1) is 5.82 Å². The van der Waals surface area contributed by atoms with Crippen LogP contribution in [0.15, 0.2) is 18.2 Å². The van der Waals surface area contributed by atoms with Crippen molar-refractivity contribution >= 4 is 17.5 Å². The van der Waals surface area contributed by atoms with Crippen LogP contribution in [0.1, 0.15) is 10.4 Å². The summed E-state index contributed by atoms with van der Waals surface area (Å²) >= 11 is 5.77. The van der Waals surface area contributed by atoms with Crippen molar-refractivity contribution in [3.63, 3.8) is 0 Å². The molecule has 1 atom stereocenters. The summed E-state index contributed by atoms with van der Waals surface area (Å²) in [5.41, 5.74) is 0.134. The number of halogens is 2. The molecule has 1 unspecified atom stereocenters. The normalized spacial score (nSPS) is 19.9. The molecule has 0 spiro atoms. The lowest BCUT2D eigenvalue weighted by atomic mass is 10.1. The van der Waals surface area contributed by atoms with Crippen LogP contribution in [0.5, 0.6) is 0 Å². The maximum Gasteiger partial charge on any atom is 0.255 e. The van der Waals surface area contributed by atoms with Crippen molar-refractivity contribution in [2.75, 3.05) is 26.3 Å². The second kappa shape index (κ2) is 5.65. The minimum atomic E-state index is -0.616. The predicted molar refractivity (Wildman–Crippen MR) is 64.1 cm³/mol. The van der Waals surface area contributed by atoms with E-state index in [0.29, 0.717) is 13.2 Å². The zero-order valence-electron chi connectivity index (χ0n) is 9.60. The molecule has 1 aliphatic heterocycles. The number of carbonyl (C=O) groups is 1. The van der Waals surface area contributed by atoms with Crippen molar-refractivity contribution in [3.8, 4) is 0 Å². The SMILES string of the molecule is O=C(c1cccc(F)c1Cl)N1CCOC(CO)C1. The number of rotatable bonds is 2. The highest BCUT2D eigenvalue weighted by Gasteiger charge is 2.26. The molecule has 0 aromatic heterocycles. The maximum absolute atomic E-state index is 13.3. The van der Waals surface area contributed by atoms with Crippen molar-refractivity contribution in [2.45, 2.75) is 6.10 Å². The summed E-state index contributed by atoms with van der Waals surface area (Å²) in [5, 5.41) is 8.84. The van der Waals surface area contributed by atoms with E-state index in [9.17, 15) is 9.18 Å². The molecule has 0 aliphatic carbocycles. The largest absolute Gasteiger partial charge is 0.394 e. The van der Waals surface area contributed by atoms with Crippen LogP contribution in [0.3, 0.4) is 0 Å². The Kier molecular flexibility index (Phi) is 4.16. The molecule has 1 aliphatic rings. The average molecular weight is 274 g/mol. The molecule has 1 heterocycles. The van der Waals surface area contributed by atoms with Crippen LogP contribution in [0.25, 0.3) is 0 Å². The first kappa shape index (κ1) is 13.3. The molecule has 1 N–H and O–H groups in total. The lowest BCUT2D eigenvalue weighted by Crippen LogP contribution is -2.47. The van der Waals surface area contributed by atoms with Gasteiger partial charge in [-0.25, -0.2) is 4.39 Å². The van der Waals surface area contributed by atoms with Crippen LogP contribution in [0.4, 0.5) is 4.39 Å². The predicted octanol–water partition coefficient (Wildman–Crippen LogP) is 1.31. The molecule has 1 saturated heterocycles. The topological polar surface area (TPSA) is 49.8 Å². The molecule has 6 heteroatoms. The van der Waals surface area contributed by atoms with Gasteiger partial charge in [-0.1, -0.05) is 17.7 Å². The van der Waals surface area contributed by atoms with Gasteiger partial charge in [-0.3, -0.25) is 4.79 Å². The molecule has 98 valence electrons. The number of amides is 1. The summed E-state index contributed by atoms with van der Waals surface area (Å²) in [6.45, 7) is 0.884. The molecular weight excluding hydrogens is 261 g/mol. The Balaban J connectivity index is 2.18. The quantitative estimate of drug-likeness (QED) is 0.884. The minimum absolute atomic E-state index is 0.134. The second-order valence-electron chi connectivity index (χ2n) is 4.03. The zero-order chi connectivity index (χ0) is 13.1. The van der Waals surface area contributed by atoms with Gasteiger partial charge < -0.3 is 14.7 Å². The first-order valence-corrected chi connectivity index (χ1v) is 5.97. The number of benzene rings is 1. The van der Waals surface area contributed by atoms with E-state index in [1.54, 1.807) is 0 Å². The van der Waals surface area contributed by atoms with E-state index in [1.165, 1.54) is 23.1 Å². The molecule has 0 bridgehead atoms. The third-order valence-electron chi connectivity index (χ3n) is 2.81. The number of ether oxygens (including phenoxy) is 1. The van der Waals surface area contributed by atoms with Crippen molar-refractivity contribution in [1.82, 2.24) is 4.90 Å². The van der Waals surface area contributed by atoms with Gasteiger partial charge in [-0.15, -0.1) is 0 Å². The molecule has 1 fully saturated rings. The van der Waals surface area contributed by atoms with Gasteiger partial charge in [0.1, 0.15) is 5.82 Å². The van der Waals surface area contributed by atoms with Crippen LogP contribution >= 0.6 is 11.6 Å². The highest BCUT2D eigenvalue weighted by atomic mass is 35.5. The number of morpholine rings is 1. The van der Waals surface area contributed by atoms with Gasteiger partial charge in [0.15, 0.2) is 0 Å². The fraction of sp³-hybridized carbons (Fsp3) is 0.417. The Morgan fingerprint density at radius 1 is 1.61 bits per heavy atom. The van der Waals surface area contributed by atoms with Gasteiger partial charge in [0.2, 0.25) is 0 Å². The summed E-state index contributed by atoms with van der Waals surface area (Å²) in [5.74, 6) is -0.962. The van der Waals surface area contributed by atoms with Crippen LogP contribution in [-0.2, 0) is 4.74 Å². The third kappa shape index (κ3) is 2.63. The van der Waals surface area contributed by atoms with Gasteiger partial charge in [-0.2, -0.15) is 0 Å². The molecule has 1 amide bonds. The lowest BCUT2D eigenvalue weighted by Gasteiger charge is -2.32. The molecule has 1 aromatic rings. The Labute approximate surface area is 109 Å². The first-order valence-electron chi connectivity index (χ1n) is 5.59. The molecule has 1 aromatic carbocycles. The van der Waals surface area contributed by atoms with E-state index < -0.39 is 11.9 Å². The van der Waals surface area contributed by atoms with Crippen LogP contribution < -0.4 is 0 Å². The number of aliphatic hydroxyl groups excluding tert-OH is 1. The molecule has 0 saturated carbocycles. The van der Waals surface area contributed by atoms with E-state index in [-0.39, 0.29) is 29.6 Å². The van der Waals surface area contributed by atoms with Crippen LogP contribution in [-0.4, -0.2) is 48.3 Å². The van der Waals surface area contributed by atoms with Crippen LogP contribution in [0.2, 0.25) is 5.02 Å². The van der Waals surface area contributed by atoms with Gasteiger partial charge in [0.25, 0.3) is 5.91 Å². The highest BCUT2D eigenvalue weighted by Crippen LogP contribution is 2.22. The van der Waals surface area contributed by atoms with Crippen molar-refractivity contribution in [3.05, 3.63) is 34.6 Å². The zero-order valence-corrected chi connectivity index (χ0v) is 10.4. The van der Waals surface area contributed by atoms with E-state index >= 15 is 0 Å². The lowest BCUT2D eigenvalue weighted by molar-refractivity contribution is -0.0447. The number of hydrogen-bond donors (Lipinski definition) is 1. The number of hydrogen-bond acceptors (Lipinski definition) is 3. The van der Waals surface area contributed by atoms with Crippen molar-refractivity contribution < 1.29 is 19.0 Å². The Morgan fingerprint density at radius 3 is 3.11 bits per heavy atom. The van der Waals surface area contributed by atoms with Gasteiger partial charge in [-0.05, 0) is 12.1 Å². The summed E-state index contributed by atoms with van der Waals surface area (Å²) in [6, 6.07) is 4.13. The number of nitrogens with zero attached hydrogens (tertiary/aromatic N) is 1. The third-order valence-corrected chi connectivity index (χ3v) is 3.20. The fourth-order valence-electron chi connectivity index (χ4n) is 1.85. The average Bonchev–Trinajstić information content (AvgIpc) is 2.41. The molecule has 4 nitrogen and oxygen atoms in total. The molecular formula is C12H13ClFNO3. The van der Waals surface area contributed by atoms with Gasteiger partial charge in [0, 0.05) is 13.1 Å². The number of carbonyl (C=O) groups excluding carboxylic acids is 1. The molecule has 2 rings (SSSR count). The molecule has 18 heavy (non-hydrogen) atoms. The van der Waals surface area contributed by atoms with Crippen molar-refractivity contribution in [2.24, 2.45) is 0 Å². The Morgan fingerprint density at radius 2 is 2.39 bits per heavy atom. The Bertz CT molecular complexity index is 455. The second-order valence-corrected chi connectivity index (χ2v) is 4.41. The smallest absolute Gasteiger partial charge is 0.255 e. The summed E-state index contributed by atoms with van der Waals surface area (Å²) in [7, 11) is 0. The van der Waals surface area contributed by atoms with E-state index in [2.05, 4.69) is 0 Å². The van der Waals surface area contributed by atoms with Gasteiger partial charge in [0.05, 0.1) is 29.9 Å². The van der Waals surface area contributed by atoms with Crippen molar-refractivity contribution in [1.29, 1.82) is 0 Å². The minimum Gasteiger partial charge on any atom is -0.394 e. The van der Waals surface area contributed by atoms with Gasteiger partial charge >= 0.3 is 0 Å². The van der Waals surface area contributed by atoms with E-state index in [4.69, 9.17) is 21.4 Å². The molecule has 0 radical (unpaired) electrons. The Hall–Kier alpha value is -1.17. The first-order chi connectivity index (χ1) is 8.63. The van der Waals surface area contributed by atoms with E-state index in [1.807, 2.05) is 0 Å². The fourth-order valence-corrected chi connectivity index (χ4v) is 2.06. The standard InChI is InChI=1S/C12H13ClFNO3/c13-11-9(2-1-3-10(11)14)12(17)15-4-5-18-8(6-15)7-16/h1-3,8,16H,4-7H2. The van der Waals surface area contributed by atoms with E-state index in [0.717, 1.165) is 0 Å². The summed E-state index contributed by atoms with van der Waals surface area (Å²) in [6.07, 6.45) is -0.393.